The van der Waals surface area contributed by atoms with Crippen molar-refractivity contribution in [2.24, 2.45) is 11.8 Å². The number of cyclic esters (lactones) is 1. The first-order valence-corrected chi connectivity index (χ1v) is 10.3. The van der Waals surface area contributed by atoms with Gasteiger partial charge in [0.1, 0.15) is 29.6 Å². The highest BCUT2D eigenvalue weighted by molar-refractivity contribution is 5.89. The maximum atomic E-state index is 13.1. The van der Waals surface area contributed by atoms with Gasteiger partial charge in [0.2, 0.25) is 6.29 Å². The Morgan fingerprint density at radius 3 is 2.50 bits per heavy atom. The highest BCUT2D eigenvalue weighted by Crippen LogP contribution is 2.44. The van der Waals surface area contributed by atoms with E-state index in [0.717, 1.165) is 25.7 Å². The van der Waals surface area contributed by atoms with Crippen LogP contribution in [0.15, 0.2) is 12.2 Å². The minimum absolute atomic E-state index is 0.133. The average Bonchev–Trinajstić information content (AvgIpc) is 3.37. The number of esters is 4. The highest BCUT2D eigenvalue weighted by atomic mass is 16.7. The van der Waals surface area contributed by atoms with Gasteiger partial charge in [-0.15, -0.1) is 0 Å². The summed E-state index contributed by atoms with van der Waals surface area (Å²) >= 11 is 0. The maximum Gasteiger partial charge on any atom is 0.346 e. The van der Waals surface area contributed by atoms with Gasteiger partial charge >= 0.3 is 23.9 Å². The van der Waals surface area contributed by atoms with Gasteiger partial charge in [0.05, 0.1) is 0 Å². The van der Waals surface area contributed by atoms with Gasteiger partial charge in [-0.3, -0.25) is 9.59 Å². The Morgan fingerprint density at radius 2 is 1.90 bits per heavy atom. The molecule has 0 bridgehead atoms. The Morgan fingerprint density at radius 1 is 1.23 bits per heavy atom. The molecule has 5 atom stereocenters. The zero-order valence-electron chi connectivity index (χ0n) is 17.5. The van der Waals surface area contributed by atoms with E-state index in [0.29, 0.717) is 6.42 Å². The Balaban J connectivity index is 1.73. The first kappa shape index (κ1) is 22.3. The molecule has 2 heterocycles. The lowest BCUT2D eigenvalue weighted by Crippen LogP contribution is -2.41. The van der Waals surface area contributed by atoms with Crippen LogP contribution in [-0.4, -0.2) is 54.6 Å². The fourth-order valence-corrected chi connectivity index (χ4v) is 4.31. The Labute approximate surface area is 175 Å². The van der Waals surface area contributed by atoms with E-state index in [1.54, 1.807) is 6.92 Å². The van der Waals surface area contributed by atoms with Crippen LogP contribution in [0.1, 0.15) is 52.9 Å². The van der Waals surface area contributed by atoms with E-state index in [2.05, 4.69) is 6.58 Å². The summed E-state index contributed by atoms with van der Waals surface area (Å²) in [6.45, 7) is 7.80. The predicted molar refractivity (Wildman–Crippen MR) is 101 cm³/mol. The quantitative estimate of drug-likeness (QED) is 0.343. The van der Waals surface area contributed by atoms with E-state index in [9.17, 15) is 19.2 Å². The predicted octanol–water partition coefficient (Wildman–Crippen LogP) is 1.82. The lowest BCUT2D eigenvalue weighted by Gasteiger charge is -2.30. The molecule has 9 heteroatoms. The Bertz CT molecular complexity index is 737. The van der Waals surface area contributed by atoms with Crippen LogP contribution in [0.2, 0.25) is 0 Å². The number of fused-ring (bicyclic) bond motifs is 1. The van der Waals surface area contributed by atoms with Crippen molar-refractivity contribution in [3.63, 3.8) is 0 Å². The molecule has 0 aromatic carbocycles. The van der Waals surface area contributed by atoms with Crippen LogP contribution < -0.4 is 0 Å². The molecule has 0 radical (unpaired) electrons. The first-order chi connectivity index (χ1) is 14.2. The molecule has 0 spiro atoms. The summed E-state index contributed by atoms with van der Waals surface area (Å²) in [5.74, 6) is -4.93. The summed E-state index contributed by atoms with van der Waals surface area (Å²) in [6.07, 6.45) is 1.43. The lowest BCUT2D eigenvalue weighted by molar-refractivity contribution is -0.202. The number of carbonyl (C=O) groups is 4. The topological polar surface area (TPSA) is 114 Å². The smallest absolute Gasteiger partial charge is 0.346 e. The van der Waals surface area contributed by atoms with Gasteiger partial charge in [0.25, 0.3) is 0 Å². The number of ether oxygens (including phenoxy) is 5. The molecule has 2 aliphatic heterocycles. The van der Waals surface area contributed by atoms with Crippen LogP contribution >= 0.6 is 0 Å². The maximum absolute atomic E-state index is 13.1. The monoisotopic (exact) mass is 424 g/mol. The van der Waals surface area contributed by atoms with Crippen LogP contribution in [-0.2, 0) is 42.9 Å². The zero-order valence-corrected chi connectivity index (χ0v) is 17.5. The van der Waals surface area contributed by atoms with Gasteiger partial charge in [0.15, 0.2) is 6.61 Å². The molecule has 3 rings (SSSR count). The van der Waals surface area contributed by atoms with E-state index in [4.69, 9.17) is 23.7 Å². The molecule has 2 saturated heterocycles. The van der Waals surface area contributed by atoms with E-state index in [1.807, 2.05) is 6.92 Å². The molecular formula is C21H28O9. The molecule has 0 aromatic rings. The summed E-state index contributed by atoms with van der Waals surface area (Å²) in [7, 11) is 0. The van der Waals surface area contributed by atoms with E-state index in [1.165, 1.54) is 6.92 Å². The number of hydrogen-bond donors (Lipinski definition) is 0. The molecule has 0 amide bonds. The van der Waals surface area contributed by atoms with E-state index < -0.39 is 66.4 Å². The second-order valence-electron chi connectivity index (χ2n) is 8.17. The molecule has 0 aromatic heterocycles. The second-order valence-corrected chi connectivity index (χ2v) is 8.17. The molecule has 9 nitrogen and oxygen atoms in total. The standard InChI is InChI=1S/C21H28O9/c1-5-21(8-6-7-9-21)30-19(25)15-14-16(12(4)27-18(14)24)29-20(15)28-13(22)10-26-17(23)11(2)3/h12,14-16,20H,2,5-10H2,1,3-4H3. The largest absolute Gasteiger partial charge is 0.460 e. The molecule has 5 unspecified atom stereocenters. The molecule has 1 aliphatic carbocycles. The summed E-state index contributed by atoms with van der Waals surface area (Å²) < 4.78 is 26.8. The third-order valence-corrected chi connectivity index (χ3v) is 6.03. The van der Waals surface area contributed by atoms with Gasteiger partial charge in [-0.2, -0.15) is 0 Å². The van der Waals surface area contributed by atoms with Gasteiger partial charge in [-0.05, 0) is 46.0 Å². The third kappa shape index (κ3) is 4.35. The fraction of sp³-hybridized carbons (Fsp3) is 0.714. The van der Waals surface area contributed by atoms with Crippen LogP contribution in [0.3, 0.4) is 0 Å². The molecule has 30 heavy (non-hydrogen) atoms. The van der Waals surface area contributed by atoms with Crippen molar-refractivity contribution in [1.29, 1.82) is 0 Å². The van der Waals surface area contributed by atoms with Crippen molar-refractivity contribution in [1.82, 2.24) is 0 Å². The van der Waals surface area contributed by atoms with Crippen molar-refractivity contribution in [3.05, 3.63) is 12.2 Å². The minimum Gasteiger partial charge on any atom is -0.460 e. The molecule has 3 fully saturated rings. The lowest BCUT2D eigenvalue weighted by atomic mass is 9.89. The first-order valence-electron chi connectivity index (χ1n) is 10.3. The summed E-state index contributed by atoms with van der Waals surface area (Å²) in [5.41, 5.74) is -0.441. The average molecular weight is 424 g/mol. The fourth-order valence-electron chi connectivity index (χ4n) is 4.31. The van der Waals surface area contributed by atoms with Crippen LogP contribution in [0.5, 0.6) is 0 Å². The Kier molecular flexibility index (Phi) is 6.50. The number of hydrogen-bond acceptors (Lipinski definition) is 9. The van der Waals surface area contributed by atoms with Crippen LogP contribution in [0, 0.1) is 11.8 Å². The van der Waals surface area contributed by atoms with Crippen molar-refractivity contribution >= 4 is 23.9 Å². The molecule has 0 N–H and O–H groups in total. The number of carbonyl (C=O) groups excluding carboxylic acids is 4. The van der Waals surface area contributed by atoms with E-state index in [-0.39, 0.29) is 5.57 Å². The molecule has 3 aliphatic rings. The van der Waals surface area contributed by atoms with Crippen molar-refractivity contribution < 1.29 is 42.9 Å². The molecular weight excluding hydrogens is 396 g/mol. The summed E-state index contributed by atoms with van der Waals surface area (Å²) in [4.78, 5) is 49.1. The van der Waals surface area contributed by atoms with Gasteiger partial charge < -0.3 is 23.7 Å². The zero-order chi connectivity index (χ0) is 22.1. The number of rotatable bonds is 7. The normalized spacial score (nSPS) is 31.6. The third-order valence-electron chi connectivity index (χ3n) is 6.03. The minimum atomic E-state index is -1.32. The summed E-state index contributed by atoms with van der Waals surface area (Å²) in [6, 6.07) is 0. The van der Waals surface area contributed by atoms with Crippen molar-refractivity contribution in [3.8, 4) is 0 Å². The van der Waals surface area contributed by atoms with Gasteiger partial charge in [-0.1, -0.05) is 13.5 Å². The van der Waals surface area contributed by atoms with Crippen LogP contribution in [0.4, 0.5) is 0 Å². The van der Waals surface area contributed by atoms with E-state index >= 15 is 0 Å². The molecule has 1 saturated carbocycles. The highest BCUT2D eigenvalue weighted by Gasteiger charge is 2.61. The second kappa shape index (κ2) is 8.75. The SMILES string of the molecule is C=C(C)C(=O)OCC(=O)OC1OC2C(C)OC(=O)C2C1C(=O)OC1(CC)CCCC1. The van der Waals surface area contributed by atoms with Gasteiger partial charge in [0, 0.05) is 5.57 Å². The Hall–Kier alpha value is -2.42. The van der Waals surface area contributed by atoms with Crippen molar-refractivity contribution in [2.75, 3.05) is 6.61 Å². The van der Waals surface area contributed by atoms with Crippen LogP contribution in [0.25, 0.3) is 0 Å². The van der Waals surface area contributed by atoms with Crippen molar-refractivity contribution in [2.45, 2.75) is 77.0 Å². The molecule has 166 valence electrons. The van der Waals surface area contributed by atoms with Gasteiger partial charge in [-0.25, -0.2) is 9.59 Å². The summed E-state index contributed by atoms with van der Waals surface area (Å²) in [5, 5.41) is 0.